The van der Waals surface area contributed by atoms with Crippen LogP contribution in [0.5, 0.6) is 5.75 Å². The number of hydrogen-bond acceptors (Lipinski definition) is 5. The number of aromatic nitrogens is 2. The number of fused-ring (bicyclic) bond motifs is 1. The van der Waals surface area contributed by atoms with Gasteiger partial charge in [-0.05, 0) is 24.6 Å². The molecule has 1 saturated heterocycles. The summed E-state index contributed by atoms with van der Waals surface area (Å²) in [4.78, 5) is 4.46. The zero-order valence-corrected chi connectivity index (χ0v) is 17.5. The molecule has 2 aliphatic heterocycles. The highest BCUT2D eigenvalue weighted by molar-refractivity contribution is 7.99. The van der Waals surface area contributed by atoms with Gasteiger partial charge in [-0.15, -0.1) is 0 Å². The molecule has 2 aliphatic rings. The maximum absolute atomic E-state index is 14.8. The van der Waals surface area contributed by atoms with E-state index in [2.05, 4.69) is 4.98 Å². The smallest absolute Gasteiger partial charge is 0.243 e. The van der Waals surface area contributed by atoms with Crippen LogP contribution in [0, 0.1) is 5.92 Å². The lowest BCUT2D eigenvalue weighted by Gasteiger charge is -2.33. The van der Waals surface area contributed by atoms with E-state index in [4.69, 9.17) is 4.74 Å². The van der Waals surface area contributed by atoms with Crippen LogP contribution < -0.4 is 4.74 Å². The second kappa shape index (κ2) is 7.68. The molecule has 3 unspecified atom stereocenters. The lowest BCUT2D eigenvalue weighted by Crippen LogP contribution is -2.45. The molecular weight excluding hydrogens is 401 g/mol. The van der Waals surface area contributed by atoms with Gasteiger partial charge in [0.15, 0.2) is 5.16 Å². The Morgan fingerprint density at radius 3 is 2.93 bits per heavy atom. The van der Waals surface area contributed by atoms with Crippen molar-refractivity contribution in [3.8, 4) is 5.75 Å². The summed E-state index contributed by atoms with van der Waals surface area (Å²) in [6.07, 6.45) is 2.88. The molecule has 0 amide bonds. The molecule has 2 aromatic rings. The van der Waals surface area contributed by atoms with Crippen molar-refractivity contribution in [2.24, 2.45) is 13.0 Å². The highest BCUT2D eigenvalue weighted by Crippen LogP contribution is 2.36. The van der Waals surface area contributed by atoms with Crippen LogP contribution in [0.3, 0.4) is 0 Å². The van der Waals surface area contributed by atoms with Crippen molar-refractivity contribution < 1.29 is 17.5 Å². The molecule has 1 aromatic carbocycles. The highest BCUT2D eigenvalue weighted by atomic mass is 32.2. The molecule has 0 spiro atoms. The minimum absolute atomic E-state index is 0.0999. The number of ether oxygens (including phenoxy) is 1. The first-order valence-electron chi connectivity index (χ1n) is 9.37. The molecule has 152 valence electrons. The topological polar surface area (TPSA) is 64.4 Å². The van der Waals surface area contributed by atoms with E-state index >= 15 is 0 Å². The molecule has 9 heteroatoms. The fourth-order valence-electron chi connectivity index (χ4n) is 3.66. The molecule has 3 atom stereocenters. The Kier molecular flexibility index (Phi) is 5.41. The number of sulfonamides is 1. The van der Waals surface area contributed by atoms with Crippen LogP contribution in [0.15, 0.2) is 40.6 Å². The third kappa shape index (κ3) is 3.67. The monoisotopic (exact) mass is 425 g/mol. The van der Waals surface area contributed by atoms with Gasteiger partial charge in [0.25, 0.3) is 0 Å². The quantitative estimate of drug-likeness (QED) is 0.689. The maximum Gasteiger partial charge on any atom is 0.243 e. The van der Waals surface area contributed by atoms with Gasteiger partial charge in [0.2, 0.25) is 10.0 Å². The minimum atomic E-state index is -3.71. The molecule has 0 saturated carbocycles. The average Bonchev–Trinajstić information content (AvgIpc) is 3.26. The van der Waals surface area contributed by atoms with Crippen LogP contribution in [0.1, 0.15) is 24.8 Å². The molecule has 6 nitrogen and oxygen atoms in total. The van der Waals surface area contributed by atoms with Gasteiger partial charge < -0.3 is 9.30 Å². The molecule has 0 bridgehead atoms. The molecule has 0 N–H and O–H groups in total. The fourth-order valence-corrected chi connectivity index (χ4v) is 6.30. The molecule has 1 fully saturated rings. The van der Waals surface area contributed by atoms with Crippen LogP contribution in [-0.4, -0.2) is 53.9 Å². The summed E-state index contributed by atoms with van der Waals surface area (Å²) in [5.74, 6) is 1.31. The summed E-state index contributed by atoms with van der Waals surface area (Å²) in [5.41, 5.74) is 0.902. The maximum atomic E-state index is 14.8. The van der Waals surface area contributed by atoms with E-state index in [1.165, 1.54) is 16.1 Å². The average molecular weight is 426 g/mol. The third-order valence-corrected chi connectivity index (χ3v) is 8.59. The summed E-state index contributed by atoms with van der Waals surface area (Å²) in [6, 6.07) is 4.94. The predicted molar refractivity (Wildman–Crippen MR) is 106 cm³/mol. The van der Waals surface area contributed by atoms with Crippen LogP contribution in [0.2, 0.25) is 0 Å². The van der Waals surface area contributed by atoms with E-state index in [9.17, 15) is 12.8 Å². The van der Waals surface area contributed by atoms with Gasteiger partial charge in [0.05, 0.1) is 11.5 Å². The molecule has 0 aliphatic carbocycles. The number of halogens is 1. The number of piperidine rings is 1. The Morgan fingerprint density at radius 1 is 1.39 bits per heavy atom. The molecule has 1 aromatic heterocycles. The predicted octanol–water partition coefficient (Wildman–Crippen LogP) is 3.06. The minimum Gasteiger partial charge on any atom is -0.493 e. The molecule has 4 rings (SSSR count). The van der Waals surface area contributed by atoms with Gasteiger partial charge in [-0.3, -0.25) is 0 Å². The summed E-state index contributed by atoms with van der Waals surface area (Å²) in [6.45, 7) is 2.80. The lowest BCUT2D eigenvalue weighted by atomic mass is 9.98. The Morgan fingerprint density at radius 2 is 2.21 bits per heavy atom. The second-order valence-corrected chi connectivity index (χ2v) is 10.4. The number of thioether (sulfide) groups is 1. The van der Waals surface area contributed by atoms with Crippen LogP contribution in [0.25, 0.3) is 0 Å². The van der Waals surface area contributed by atoms with Crippen molar-refractivity contribution in [2.45, 2.75) is 35.5 Å². The van der Waals surface area contributed by atoms with Crippen molar-refractivity contribution in [1.82, 2.24) is 13.9 Å². The lowest BCUT2D eigenvalue weighted by molar-refractivity contribution is 0.146. The summed E-state index contributed by atoms with van der Waals surface area (Å²) in [7, 11) is -1.81. The van der Waals surface area contributed by atoms with Gasteiger partial charge >= 0.3 is 0 Å². The number of hydrogen-bond donors (Lipinski definition) is 0. The Bertz CT molecular complexity index is 963. The number of nitrogens with zero attached hydrogens (tertiary/aromatic N) is 3. The normalized spacial score (nSPS) is 25.5. The van der Waals surface area contributed by atoms with Crippen molar-refractivity contribution in [2.75, 3.05) is 25.4 Å². The Balaban J connectivity index is 1.43. The Hall–Kier alpha value is -1.58. The van der Waals surface area contributed by atoms with E-state index in [-0.39, 0.29) is 23.3 Å². The SMILES string of the molecule is CC1COc2ccc(S(=O)(=O)N3CCC(CSc4nccn4C)C(F)C3)cc21. The van der Waals surface area contributed by atoms with Crippen LogP contribution in [-0.2, 0) is 17.1 Å². The summed E-state index contributed by atoms with van der Waals surface area (Å²) >= 11 is 1.51. The van der Waals surface area contributed by atoms with Gasteiger partial charge in [-0.2, -0.15) is 4.31 Å². The number of rotatable bonds is 5. The van der Waals surface area contributed by atoms with E-state index in [1.807, 2.05) is 24.7 Å². The first-order chi connectivity index (χ1) is 13.4. The van der Waals surface area contributed by atoms with E-state index < -0.39 is 16.2 Å². The molecule has 28 heavy (non-hydrogen) atoms. The standard InChI is InChI=1S/C19H24FN3O3S2/c1-13-11-26-18-4-3-15(9-16(13)18)28(24,25)23-7-5-14(17(20)10-23)12-27-19-21-6-8-22(19)2/h3-4,6,8-9,13-14,17H,5,7,10-12H2,1-2H3. The number of imidazole rings is 1. The Labute approximate surface area is 169 Å². The van der Waals surface area contributed by atoms with Crippen LogP contribution >= 0.6 is 11.8 Å². The van der Waals surface area contributed by atoms with Crippen LogP contribution in [0.4, 0.5) is 4.39 Å². The number of aryl methyl sites for hydroxylation is 1. The van der Waals surface area contributed by atoms with Crippen molar-refractivity contribution >= 4 is 21.8 Å². The van der Waals surface area contributed by atoms with Crippen molar-refractivity contribution in [1.29, 1.82) is 0 Å². The highest BCUT2D eigenvalue weighted by Gasteiger charge is 2.36. The first-order valence-corrected chi connectivity index (χ1v) is 11.8. The summed E-state index contributed by atoms with van der Waals surface area (Å²) in [5, 5.41) is 0.844. The number of benzene rings is 1. The van der Waals surface area contributed by atoms with Crippen molar-refractivity contribution in [3.05, 3.63) is 36.2 Å². The fraction of sp³-hybridized carbons (Fsp3) is 0.526. The zero-order valence-electron chi connectivity index (χ0n) is 15.9. The van der Waals surface area contributed by atoms with Gasteiger partial charge in [-0.25, -0.2) is 17.8 Å². The van der Waals surface area contributed by atoms with Gasteiger partial charge in [-0.1, -0.05) is 18.7 Å². The molecule has 0 radical (unpaired) electrons. The second-order valence-electron chi connectivity index (χ2n) is 7.47. The summed E-state index contributed by atoms with van der Waals surface area (Å²) < 4.78 is 49.6. The van der Waals surface area contributed by atoms with E-state index in [0.29, 0.717) is 25.3 Å². The van der Waals surface area contributed by atoms with Crippen molar-refractivity contribution in [3.63, 3.8) is 0 Å². The number of alkyl halides is 1. The van der Waals surface area contributed by atoms with E-state index in [0.717, 1.165) is 16.5 Å². The molecule has 3 heterocycles. The third-order valence-electron chi connectivity index (χ3n) is 5.48. The van der Waals surface area contributed by atoms with Gasteiger partial charge in [0, 0.05) is 55.7 Å². The largest absolute Gasteiger partial charge is 0.493 e. The van der Waals surface area contributed by atoms with E-state index in [1.54, 1.807) is 24.4 Å². The van der Waals surface area contributed by atoms with Gasteiger partial charge in [0.1, 0.15) is 11.9 Å². The first kappa shape index (κ1) is 19.7. The molecular formula is C19H24FN3O3S2. The zero-order chi connectivity index (χ0) is 19.9.